The Bertz CT molecular complexity index is 224. The van der Waals surface area contributed by atoms with E-state index in [1.54, 1.807) is 0 Å². The van der Waals surface area contributed by atoms with Crippen molar-refractivity contribution in [3.8, 4) is 0 Å². The Labute approximate surface area is 71.3 Å². The number of carbonyl (C=O) groups excluding carboxylic acids is 1. The van der Waals surface area contributed by atoms with Gasteiger partial charge in [0.25, 0.3) is 0 Å². The summed E-state index contributed by atoms with van der Waals surface area (Å²) in [4.78, 5) is 13.7. The van der Waals surface area contributed by atoms with E-state index >= 15 is 0 Å². The zero-order chi connectivity index (χ0) is 8.13. The number of carbonyl (C=O) groups is 1. The summed E-state index contributed by atoms with van der Waals surface area (Å²) in [5.74, 6) is 0.323. The third kappa shape index (κ3) is 0.716. The fourth-order valence-electron chi connectivity index (χ4n) is 2.49. The van der Waals surface area contributed by atoms with E-state index < -0.39 is 0 Å². The van der Waals surface area contributed by atoms with Crippen LogP contribution in [0.1, 0.15) is 6.42 Å². The summed E-state index contributed by atoms with van der Waals surface area (Å²) in [6.45, 7) is 2.83. The van der Waals surface area contributed by atoms with Crippen LogP contribution in [-0.2, 0) is 4.79 Å². The number of piperidine rings is 1. The van der Waals surface area contributed by atoms with Crippen molar-refractivity contribution >= 4 is 5.91 Å². The Morgan fingerprint density at radius 1 is 1.50 bits per heavy atom. The van der Waals surface area contributed by atoms with E-state index in [9.17, 15) is 4.79 Å². The summed E-state index contributed by atoms with van der Waals surface area (Å²) in [7, 11) is 0. The molecule has 2 N–H and O–H groups in total. The van der Waals surface area contributed by atoms with Gasteiger partial charge in [0.15, 0.2) is 0 Å². The molecule has 12 heavy (non-hydrogen) atoms. The maximum atomic E-state index is 11.6. The number of rotatable bonds is 0. The Morgan fingerprint density at radius 2 is 2.33 bits per heavy atom. The van der Waals surface area contributed by atoms with Crippen molar-refractivity contribution in [1.29, 1.82) is 0 Å². The van der Waals surface area contributed by atoms with Crippen LogP contribution in [0, 0.1) is 0 Å². The third-order valence-corrected chi connectivity index (χ3v) is 3.23. The van der Waals surface area contributed by atoms with Gasteiger partial charge in [0.1, 0.15) is 0 Å². The van der Waals surface area contributed by atoms with Crippen LogP contribution in [0.2, 0.25) is 0 Å². The van der Waals surface area contributed by atoms with Gasteiger partial charge in [0.2, 0.25) is 5.91 Å². The number of piperazine rings is 2. The van der Waals surface area contributed by atoms with Gasteiger partial charge in [-0.05, 0) is 6.42 Å². The SMILES string of the molecule is O=C1C2CC(N2)C2CNCCN12. The van der Waals surface area contributed by atoms with Crippen LogP contribution in [-0.4, -0.2) is 48.6 Å². The molecule has 0 aromatic carbocycles. The molecule has 4 fully saturated rings. The molecule has 0 aliphatic carbocycles. The Balaban J connectivity index is 1.86. The predicted molar refractivity (Wildman–Crippen MR) is 43.7 cm³/mol. The maximum absolute atomic E-state index is 11.6. The highest BCUT2D eigenvalue weighted by atomic mass is 16.2. The topological polar surface area (TPSA) is 44.4 Å². The first-order valence-electron chi connectivity index (χ1n) is 4.63. The number of hydrogen-bond acceptors (Lipinski definition) is 3. The van der Waals surface area contributed by atoms with Crippen LogP contribution < -0.4 is 10.6 Å². The van der Waals surface area contributed by atoms with Crippen LogP contribution in [0.25, 0.3) is 0 Å². The fourth-order valence-corrected chi connectivity index (χ4v) is 2.49. The zero-order valence-corrected chi connectivity index (χ0v) is 6.92. The van der Waals surface area contributed by atoms with E-state index in [4.69, 9.17) is 0 Å². The fraction of sp³-hybridized carbons (Fsp3) is 0.875. The van der Waals surface area contributed by atoms with Crippen molar-refractivity contribution in [2.24, 2.45) is 0 Å². The van der Waals surface area contributed by atoms with Crippen LogP contribution in [0.5, 0.6) is 0 Å². The molecule has 0 aromatic rings. The van der Waals surface area contributed by atoms with Crippen molar-refractivity contribution in [3.63, 3.8) is 0 Å². The Hall–Kier alpha value is -0.610. The molecule has 4 saturated heterocycles. The molecule has 1 amide bonds. The smallest absolute Gasteiger partial charge is 0.240 e. The number of nitrogens with one attached hydrogen (secondary N) is 2. The van der Waals surface area contributed by atoms with Gasteiger partial charge in [0, 0.05) is 25.7 Å². The van der Waals surface area contributed by atoms with Crippen LogP contribution in [0.3, 0.4) is 0 Å². The summed E-state index contributed by atoms with van der Waals surface area (Å²) < 4.78 is 0. The lowest BCUT2D eigenvalue weighted by molar-refractivity contribution is -0.149. The second kappa shape index (κ2) is 2.20. The van der Waals surface area contributed by atoms with E-state index in [1.807, 2.05) is 4.90 Å². The monoisotopic (exact) mass is 167 g/mol. The average molecular weight is 167 g/mol. The first kappa shape index (κ1) is 6.86. The molecule has 4 aliphatic heterocycles. The molecular weight excluding hydrogens is 154 g/mol. The largest absolute Gasteiger partial charge is 0.334 e. The van der Waals surface area contributed by atoms with Crippen molar-refractivity contribution in [1.82, 2.24) is 15.5 Å². The van der Waals surface area contributed by atoms with Crippen LogP contribution in [0.4, 0.5) is 0 Å². The quantitative estimate of drug-likeness (QED) is 0.463. The molecule has 4 heterocycles. The highest BCUT2D eigenvalue weighted by Crippen LogP contribution is 2.28. The minimum Gasteiger partial charge on any atom is -0.334 e. The molecule has 0 aromatic heterocycles. The summed E-state index contributed by atoms with van der Waals surface area (Å²) >= 11 is 0. The molecule has 3 unspecified atom stereocenters. The second-order valence-electron chi connectivity index (χ2n) is 3.86. The number of amides is 1. The van der Waals surface area contributed by atoms with Crippen molar-refractivity contribution in [3.05, 3.63) is 0 Å². The zero-order valence-electron chi connectivity index (χ0n) is 6.92. The molecule has 4 heteroatoms. The molecule has 4 nitrogen and oxygen atoms in total. The van der Waals surface area contributed by atoms with E-state index in [-0.39, 0.29) is 6.04 Å². The highest BCUT2D eigenvalue weighted by molar-refractivity contribution is 5.85. The molecule has 0 spiro atoms. The number of hydrogen-bond donors (Lipinski definition) is 2. The van der Waals surface area contributed by atoms with Gasteiger partial charge in [-0.25, -0.2) is 0 Å². The van der Waals surface area contributed by atoms with E-state index in [0.29, 0.717) is 18.0 Å². The first-order valence-corrected chi connectivity index (χ1v) is 4.63. The molecule has 4 rings (SSSR count). The van der Waals surface area contributed by atoms with Crippen molar-refractivity contribution in [2.75, 3.05) is 19.6 Å². The second-order valence-corrected chi connectivity index (χ2v) is 3.86. The van der Waals surface area contributed by atoms with Gasteiger partial charge in [-0.1, -0.05) is 0 Å². The van der Waals surface area contributed by atoms with Gasteiger partial charge in [-0.15, -0.1) is 0 Å². The van der Waals surface area contributed by atoms with Gasteiger partial charge in [-0.2, -0.15) is 0 Å². The normalized spacial score (nSPS) is 45.2. The highest BCUT2D eigenvalue weighted by Gasteiger charge is 2.49. The molecule has 2 bridgehead atoms. The number of nitrogens with zero attached hydrogens (tertiary/aromatic N) is 1. The summed E-state index contributed by atoms with van der Waals surface area (Å²) in [5, 5.41) is 6.62. The van der Waals surface area contributed by atoms with Crippen molar-refractivity contribution < 1.29 is 4.79 Å². The standard InChI is InChI=1S/C8H13N3O/c12-8-6-3-5(10-6)7-4-9-1-2-11(7)8/h5-7,9-10H,1-4H2. The minimum absolute atomic E-state index is 0.157. The van der Waals surface area contributed by atoms with Crippen molar-refractivity contribution in [2.45, 2.75) is 24.5 Å². The minimum atomic E-state index is 0.157. The maximum Gasteiger partial charge on any atom is 0.240 e. The average Bonchev–Trinajstić information content (AvgIpc) is 2.02. The first-order chi connectivity index (χ1) is 5.86. The summed E-state index contributed by atoms with van der Waals surface area (Å²) in [5.41, 5.74) is 0. The lowest BCUT2D eigenvalue weighted by Gasteiger charge is -2.54. The molecule has 0 saturated carbocycles. The van der Waals surface area contributed by atoms with Gasteiger partial charge in [0.05, 0.1) is 12.1 Å². The van der Waals surface area contributed by atoms with E-state index in [0.717, 1.165) is 26.1 Å². The third-order valence-electron chi connectivity index (χ3n) is 3.23. The molecular formula is C8H13N3O. The molecule has 0 radical (unpaired) electrons. The van der Waals surface area contributed by atoms with Gasteiger partial charge >= 0.3 is 0 Å². The van der Waals surface area contributed by atoms with Gasteiger partial charge < -0.3 is 15.5 Å². The molecule has 4 aliphatic rings. The summed E-state index contributed by atoms with van der Waals surface area (Å²) in [6.07, 6.45) is 1.06. The molecule has 66 valence electrons. The molecule has 3 atom stereocenters. The van der Waals surface area contributed by atoms with Gasteiger partial charge in [-0.3, -0.25) is 4.79 Å². The Morgan fingerprint density at radius 3 is 3.08 bits per heavy atom. The van der Waals surface area contributed by atoms with Crippen LogP contribution in [0.15, 0.2) is 0 Å². The lowest BCUT2D eigenvalue weighted by atomic mass is 9.83. The van der Waals surface area contributed by atoms with E-state index in [1.165, 1.54) is 0 Å². The predicted octanol–water partition coefficient (Wildman–Crippen LogP) is -1.47. The van der Waals surface area contributed by atoms with E-state index in [2.05, 4.69) is 10.6 Å². The lowest BCUT2D eigenvalue weighted by Crippen LogP contribution is -2.77. The summed E-state index contributed by atoms with van der Waals surface area (Å²) in [6, 6.07) is 1.15. The van der Waals surface area contributed by atoms with Crippen LogP contribution >= 0.6 is 0 Å². The Kier molecular flexibility index (Phi) is 1.26.